The normalized spacial score (nSPS) is 14.8. The summed E-state index contributed by atoms with van der Waals surface area (Å²) in [4.78, 5) is 11.3. The second-order valence-electron chi connectivity index (χ2n) is 5.99. The summed E-state index contributed by atoms with van der Waals surface area (Å²) in [6, 6.07) is 2.46. The average molecular weight is 323 g/mol. The smallest absolute Gasteiger partial charge is 0.252 e. The van der Waals surface area contributed by atoms with Crippen LogP contribution >= 0.6 is 12.4 Å². The standard InChI is InChI=1S/C15H22N6.ClH/c1-9(2)20-6-5-13-12(8-20)14(16)21(19-13)15-17-10(3)7-11(4)18-15;/h7,9H,5-6,8,16H2,1-4H3;1H. The van der Waals surface area contributed by atoms with Crippen molar-refractivity contribution in [3.8, 4) is 5.95 Å². The molecule has 7 heteroatoms. The lowest BCUT2D eigenvalue weighted by Gasteiger charge is -2.29. The zero-order valence-electron chi connectivity index (χ0n) is 13.5. The average Bonchev–Trinajstić information content (AvgIpc) is 2.74. The molecule has 0 aromatic carbocycles. The maximum atomic E-state index is 6.31. The molecule has 3 heterocycles. The fourth-order valence-electron chi connectivity index (χ4n) is 2.81. The van der Waals surface area contributed by atoms with Crippen molar-refractivity contribution in [2.75, 3.05) is 12.3 Å². The monoisotopic (exact) mass is 322 g/mol. The molecule has 2 N–H and O–H groups in total. The Balaban J connectivity index is 0.00000176. The number of anilines is 1. The van der Waals surface area contributed by atoms with Gasteiger partial charge in [0.1, 0.15) is 5.82 Å². The van der Waals surface area contributed by atoms with Crippen molar-refractivity contribution in [1.29, 1.82) is 0 Å². The van der Waals surface area contributed by atoms with Gasteiger partial charge in [0.05, 0.1) is 5.69 Å². The number of halogens is 1. The number of nitrogen functional groups attached to an aromatic ring is 1. The molecule has 120 valence electrons. The van der Waals surface area contributed by atoms with Crippen molar-refractivity contribution in [2.45, 2.75) is 46.7 Å². The third kappa shape index (κ3) is 2.94. The molecule has 0 atom stereocenters. The molecule has 2 aromatic heterocycles. The minimum atomic E-state index is 0. The Labute approximate surface area is 137 Å². The summed E-state index contributed by atoms with van der Waals surface area (Å²) in [6.45, 7) is 10.2. The van der Waals surface area contributed by atoms with E-state index in [0.717, 1.165) is 42.2 Å². The topological polar surface area (TPSA) is 72.9 Å². The summed E-state index contributed by atoms with van der Waals surface area (Å²) in [5.74, 6) is 1.23. The van der Waals surface area contributed by atoms with Gasteiger partial charge in [0, 0.05) is 42.5 Å². The van der Waals surface area contributed by atoms with Crippen molar-refractivity contribution in [1.82, 2.24) is 24.6 Å². The summed E-state index contributed by atoms with van der Waals surface area (Å²) >= 11 is 0. The number of hydrogen-bond donors (Lipinski definition) is 1. The Morgan fingerprint density at radius 1 is 1.18 bits per heavy atom. The molecule has 0 radical (unpaired) electrons. The van der Waals surface area contributed by atoms with Crippen LogP contribution in [0.4, 0.5) is 5.82 Å². The van der Waals surface area contributed by atoms with Crippen molar-refractivity contribution in [3.63, 3.8) is 0 Å². The molecule has 22 heavy (non-hydrogen) atoms. The van der Waals surface area contributed by atoms with Crippen molar-refractivity contribution in [3.05, 3.63) is 28.7 Å². The van der Waals surface area contributed by atoms with Gasteiger partial charge in [-0.1, -0.05) is 0 Å². The van der Waals surface area contributed by atoms with Gasteiger partial charge in [-0.25, -0.2) is 9.97 Å². The lowest BCUT2D eigenvalue weighted by atomic mass is 10.1. The molecule has 0 spiro atoms. The summed E-state index contributed by atoms with van der Waals surface area (Å²) in [5, 5.41) is 4.64. The van der Waals surface area contributed by atoms with Crippen LogP contribution in [-0.2, 0) is 13.0 Å². The molecule has 0 bridgehead atoms. The molecular formula is C15H23ClN6. The minimum Gasteiger partial charge on any atom is -0.383 e. The molecule has 0 fully saturated rings. The Morgan fingerprint density at radius 2 is 1.82 bits per heavy atom. The highest BCUT2D eigenvalue weighted by atomic mass is 35.5. The molecular weight excluding hydrogens is 300 g/mol. The maximum absolute atomic E-state index is 6.31. The Hall–Kier alpha value is -1.66. The van der Waals surface area contributed by atoms with Crippen LogP contribution in [0, 0.1) is 13.8 Å². The van der Waals surface area contributed by atoms with E-state index in [1.807, 2.05) is 19.9 Å². The van der Waals surface area contributed by atoms with E-state index in [9.17, 15) is 0 Å². The van der Waals surface area contributed by atoms with Gasteiger partial charge in [0.2, 0.25) is 0 Å². The van der Waals surface area contributed by atoms with E-state index in [2.05, 4.69) is 33.8 Å². The molecule has 1 aliphatic rings. The highest BCUT2D eigenvalue weighted by Crippen LogP contribution is 2.26. The number of fused-ring (bicyclic) bond motifs is 1. The lowest BCUT2D eigenvalue weighted by molar-refractivity contribution is 0.203. The van der Waals surface area contributed by atoms with Gasteiger partial charge in [-0.2, -0.15) is 9.78 Å². The number of rotatable bonds is 2. The van der Waals surface area contributed by atoms with E-state index < -0.39 is 0 Å². The fourth-order valence-corrected chi connectivity index (χ4v) is 2.81. The molecule has 0 saturated carbocycles. The van der Waals surface area contributed by atoms with E-state index in [1.165, 1.54) is 0 Å². The highest BCUT2D eigenvalue weighted by Gasteiger charge is 2.25. The van der Waals surface area contributed by atoms with Gasteiger partial charge >= 0.3 is 0 Å². The molecule has 0 aliphatic carbocycles. The first kappa shape index (κ1) is 16.7. The second kappa shape index (κ2) is 6.22. The van der Waals surface area contributed by atoms with Crippen LogP contribution < -0.4 is 5.73 Å². The van der Waals surface area contributed by atoms with Gasteiger partial charge in [-0.3, -0.25) is 4.90 Å². The molecule has 3 rings (SSSR count). The first-order valence-corrected chi connectivity index (χ1v) is 7.38. The number of aryl methyl sites for hydroxylation is 2. The predicted molar refractivity (Wildman–Crippen MR) is 89.5 cm³/mol. The van der Waals surface area contributed by atoms with E-state index in [0.29, 0.717) is 17.8 Å². The number of aromatic nitrogens is 4. The van der Waals surface area contributed by atoms with E-state index in [1.54, 1.807) is 4.68 Å². The van der Waals surface area contributed by atoms with E-state index >= 15 is 0 Å². The van der Waals surface area contributed by atoms with E-state index in [4.69, 9.17) is 5.73 Å². The Bertz CT molecular complexity index is 659. The summed E-state index contributed by atoms with van der Waals surface area (Å²) in [6.07, 6.45) is 0.926. The summed E-state index contributed by atoms with van der Waals surface area (Å²) in [5.41, 5.74) is 10.4. The predicted octanol–water partition coefficient (Wildman–Crippen LogP) is 2.05. The van der Waals surface area contributed by atoms with Gasteiger partial charge in [-0.05, 0) is 33.8 Å². The van der Waals surface area contributed by atoms with Gasteiger partial charge in [0.15, 0.2) is 0 Å². The molecule has 0 saturated heterocycles. The molecule has 6 nitrogen and oxygen atoms in total. The fraction of sp³-hybridized carbons (Fsp3) is 0.533. The molecule has 1 aliphatic heterocycles. The SMILES string of the molecule is Cc1cc(C)nc(-n2nc3c(c2N)CN(C(C)C)CC3)n1.Cl. The van der Waals surface area contributed by atoms with Crippen LogP contribution in [0.15, 0.2) is 6.07 Å². The van der Waals surface area contributed by atoms with E-state index in [-0.39, 0.29) is 12.4 Å². The van der Waals surface area contributed by atoms with Crippen LogP contribution in [-0.4, -0.2) is 37.2 Å². The van der Waals surface area contributed by atoms with Crippen LogP contribution in [0.1, 0.15) is 36.5 Å². The molecule has 0 amide bonds. The van der Waals surface area contributed by atoms with Crippen LogP contribution in [0.2, 0.25) is 0 Å². The number of nitrogens with zero attached hydrogens (tertiary/aromatic N) is 5. The van der Waals surface area contributed by atoms with Gasteiger partial charge in [0.25, 0.3) is 5.95 Å². The summed E-state index contributed by atoms with van der Waals surface area (Å²) in [7, 11) is 0. The molecule has 2 aromatic rings. The highest BCUT2D eigenvalue weighted by molar-refractivity contribution is 5.85. The summed E-state index contributed by atoms with van der Waals surface area (Å²) < 4.78 is 1.69. The first-order valence-electron chi connectivity index (χ1n) is 7.38. The van der Waals surface area contributed by atoms with Crippen molar-refractivity contribution < 1.29 is 0 Å². The minimum absolute atomic E-state index is 0. The van der Waals surface area contributed by atoms with Gasteiger partial charge < -0.3 is 5.73 Å². The Morgan fingerprint density at radius 3 is 2.41 bits per heavy atom. The van der Waals surface area contributed by atoms with Gasteiger partial charge in [-0.15, -0.1) is 12.4 Å². The third-order valence-corrected chi connectivity index (χ3v) is 3.99. The lowest BCUT2D eigenvalue weighted by Crippen LogP contribution is -2.35. The maximum Gasteiger partial charge on any atom is 0.252 e. The van der Waals surface area contributed by atoms with Crippen molar-refractivity contribution >= 4 is 18.2 Å². The number of nitrogens with two attached hydrogens (primary N) is 1. The first-order chi connectivity index (χ1) is 9.95. The molecule has 0 unspecified atom stereocenters. The zero-order chi connectivity index (χ0) is 15.1. The zero-order valence-corrected chi connectivity index (χ0v) is 14.3. The van der Waals surface area contributed by atoms with Crippen molar-refractivity contribution in [2.24, 2.45) is 0 Å². The van der Waals surface area contributed by atoms with Crippen LogP contribution in [0.5, 0.6) is 0 Å². The Kier molecular flexibility index (Phi) is 4.72. The second-order valence-corrected chi connectivity index (χ2v) is 5.99. The number of hydrogen-bond acceptors (Lipinski definition) is 5. The van der Waals surface area contributed by atoms with Crippen LogP contribution in [0.3, 0.4) is 0 Å². The largest absolute Gasteiger partial charge is 0.383 e. The quantitative estimate of drug-likeness (QED) is 0.916. The van der Waals surface area contributed by atoms with Crippen LogP contribution in [0.25, 0.3) is 5.95 Å². The third-order valence-electron chi connectivity index (χ3n) is 3.99.